The molecule has 34 heavy (non-hydrogen) atoms. The smallest absolute Gasteiger partial charge is 0.338 e. The molecule has 0 fully saturated rings. The van der Waals surface area contributed by atoms with Gasteiger partial charge in [0.1, 0.15) is 10.6 Å². The van der Waals surface area contributed by atoms with E-state index < -0.39 is 17.8 Å². The van der Waals surface area contributed by atoms with Gasteiger partial charge >= 0.3 is 5.97 Å². The van der Waals surface area contributed by atoms with Gasteiger partial charge in [0.25, 0.3) is 11.8 Å². The van der Waals surface area contributed by atoms with Gasteiger partial charge < -0.3 is 10.1 Å². The maximum atomic E-state index is 13.4. The molecule has 0 unspecified atom stereocenters. The Balaban J connectivity index is 1.64. The third kappa shape index (κ3) is 5.24. The van der Waals surface area contributed by atoms with Gasteiger partial charge in [0.05, 0.1) is 17.9 Å². The highest BCUT2D eigenvalue weighted by molar-refractivity contribution is 9.10. The molecular weight excluding hydrogens is 516 g/mol. The van der Waals surface area contributed by atoms with Crippen LogP contribution < -0.4 is 10.2 Å². The highest BCUT2D eigenvalue weighted by atomic mass is 79.9. The zero-order chi connectivity index (χ0) is 24.1. The summed E-state index contributed by atoms with van der Waals surface area (Å²) in [6.07, 6.45) is 0.724. The third-order valence-corrected chi connectivity index (χ3v) is 6.54. The molecule has 0 saturated carbocycles. The van der Waals surface area contributed by atoms with Crippen molar-refractivity contribution < 1.29 is 19.1 Å². The third-order valence-electron chi connectivity index (χ3n) is 4.92. The molecule has 172 valence electrons. The van der Waals surface area contributed by atoms with Gasteiger partial charge in [0.2, 0.25) is 0 Å². The monoisotopic (exact) mass is 536 g/mol. The first-order valence-electron chi connectivity index (χ1n) is 10.6. The fourth-order valence-electron chi connectivity index (χ4n) is 3.26. The molecular formula is C26H21BrN2O4S. The van der Waals surface area contributed by atoms with Crippen molar-refractivity contribution in [3.63, 3.8) is 0 Å². The molecule has 1 aliphatic heterocycles. The van der Waals surface area contributed by atoms with Crippen LogP contribution in [0.2, 0.25) is 0 Å². The largest absolute Gasteiger partial charge is 0.462 e. The number of hydrogen-bond acceptors (Lipinski definition) is 6. The summed E-state index contributed by atoms with van der Waals surface area (Å²) in [5, 5.41) is 3.12. The summed E-state index contributed by atoms with van der Waals surface area (Å²) < 4.78 is 6.05. The second kappa shape index (κ2) is 10.7. The van der Waals surface area contributed by atoms with Crippen molar-refractivity contribution in [1.29, 1.82) is 0 Å². The van der Waals surface area contributed by atoms with E-state index in [1.807, 2.05) is 61.5 Å². The van der Waals surface area contributed by atoms with E-state index in [1.165, 1.54) is 11.8 Å². The molecule has 6 nitrogen and oxygen atoms in total. The number of nitrogens with zero attached hydrogens (tertiary/aromatic N) is 1. The van der Waals surface area contributed by atoms with Crippen molar-refractivity contribution in [1.82, 2.24) is 0 Å². The molecule has 0 aromatic heterocycles. The minimum atomic E-state index is -0.465. The van der Waals surface area contributed by atoms with E-state index in [2.05, 4.69) is 21.2 Å². The summed E-state index contributed by atoms with van der Waals surface area (Å²) in [5.41, 5.74) is 1.62. The fraction of sp³-hybridized carbons (Fsp3) is 0.115. The van der Waals surface area contributed by atoms with E-state index in [4.69, 9.17) is 4.74 Å². The summed E-state index contributed by atoms with van der Waals surface area (Å²) in [4.78, 5) is 41.2. The number of carbonyl (C=O) groups excluding carboxylic acids is 3. The maximum absolute atomic E-state index is 13.4. The predicted octanol–water partition coefficient (Wildman–Crippen LogP) is 6.01. The van der Waals surface area contributed by atoms with Crippen LogP contribution in [0.3, 0.4) is 0 Å². The van der Waals surface area contributed by atoms with E-state index in [-0.39, 0.29) is 5.70 Å². The van der Waals surface area contributed by atoms with Gasteiger partial charge in [-0.25, -0.2) is 9.69 Å². The minimum Gasteiger partial charge on any atom is -0.462 e. The molecule has 3 aromatic rings. The molecule has 0 aliphatic carbocycles. The van der Waals surface area contributed by atoms with Crippen molar-refractivity contribution in [3.05, 3.63) is 99.5 Å². The van der Waals surface area contributed by atoms with E-state index in [9.17, 15) is 14.4 Å². The zero-order valence-corrected chi connectivity index (χ0v) is 20.7. The van der Waals surface area contributed by atoms with Gasteiger partial charge in [0, 0.05) is 15.1 Å². The molecule has 0 saturated heterocycles. The Morgan fingerprint density at radius 3 is 2.26 bits per heavy atom. The lowest BCUT2D eigenvalue weighted by molar-refractivity contribution is -0.120. The zero-order valence-electron chi connectivity index (χ0n) is 18.3. The Bertz CT molecular complexity index is 1240. The van der Waals surface area contributed by atoms with Crippen LogP contribution in [0, 0.1) is 0 Å². The first kappa shape index (κ1) is 23.8. The molecule has 2 amide bonds. The van der Waals surface area contributed by atoms with Crippen LogP contribution in [0.25, 0.3) is 0 Å². The van der Waals surface area contributed by atoms with Crippen LogP contribution in [0.5, 0.6) is 0 Å². The lowest BCUT2D eigenvalue weighted by atomic mass is 10.2. The van der Waals surface area contributed by atoms with Crippen molar-refractivity contribution in [2.45, 2.75) is 18.2 Å². The van der Waals surface area contributed by atoms with Crippen molar-refractivity contribution in [3.8, 4) is 0 Å². The average Bonchev–Trinajstić information content (AvgIpc) is 3.08. The van der Waals surface area contributed by atoms with Crippen LogP contribution in [-0.2, 0) is 14.3 Å². The number of rotatable bonds is 8. The minimum absolute atomic E-state index is 0.201. The number of benzene rings is 3. The van der Waals surface area contributed by atoms with Crippen molar-refractivity contribution in [2.24, 2.45) is 0 Å². The van der Waals surface area contributed by atoms with Gasteiger partial charge in [-0.2, -0.15) is 0 Å². The highest BCUT2D eigenvalue weighted by Gasteiger charge is 2.40. The topological polar surface area (TPSA) is 75.7 Å². The number of anilines is 2. The lowest BCUT2D eigenvalue weighted by Crippen LogP contribution is -2.32. The van der Waals surface area contributed by atoms with Gasteiger partial charge in [-0.05, 0) is 67.1 Å². The number of nitrogens with one attached hydrogen (secondary N) is 1. The van der Waals surface area contributed by atoms with E-state index in [1.54, 1.807) is 24.3 Å². The van der Waals surface area contributed by atoms with Gasteiger partial charge in [-0.1, -0.05) is 52.8 Å². The fourth-order valence-corrected chi connectivity index (χ4v) is 4.47. The van der Waals surface area contributed by atoms with Crippen LogP contribution in [0.4, 0.5) is 11.4 Å². The summed E-state index contributed by atoms with van der Waals surface area (Å²) in [6.45, 7) is 2.25. The summed E-state index contributed by atoms with van der Waals surface area (Å²) >= 11 is 4.63. The Morgan fingerprint density at radius 2 is 1.62 bits per heavy atom. The standard InChI is InChI=1S/C26H21BrN2O4S/c1-2-16-33-26(32)17-8-14-20(15-9-17)29-24(30)22(28-19-12-10-18(27)11-13-19)23(25(29)31)34-21-6-4-3-5-7-21/h3-15,28H,2,16H2,1H3. The number of amides is 2. The quantitative estimate of drug-likeness (QED) is 0.281. The molecule has 4 rings (SSSR count). The maximum Gasteiger partial charge on any atom is 0.338 e. The van der Waals surface area contributed by atoms with Crippen LogP contribution in [-0.4, -0.2) is 24.4 Å². The average molecular weight is 537 g/mol. The predicted molar refractivity (Wildman–Crippen MR) is 137 cm³/mol. The summed E-state index contributed by atoms with van der Waals surface area (Å²) in [7, 11) is 0. The molecule has 0 spiro atoms. The van der Waals surface area contributed by atoms with Crippen molar-refractivity contribution in [2.75, 3.05) is 16.8 Å². The Morgan fingerprint density at radius 1 is 0.941 bits per heavy atom. The number of hydrogen-bond donors (Lipinski definition) is 1. The van der Waals surface area contributed by atoms with E-state index >= 15 is 0 Å². The lowest BCUT2D eigenvalue weighted by Gasteiger charge is -2.16. The Kier molecular flexibility index (Phi) is 7.49. The summed E-state index contributed by atoms with van der Waals surface area (Å²) in [6, 6.07) is 23.0. The number of carbonyl (C=O) groups is 3. The van der Waals surface area contributed by atoms with E-state index in [0.29, 0.717) is 28.5 Å². The highest BCUT2D eigenvalue weighted by Crippen LogP contribution is 2.38. The molecule has 1 N–H and O–H groups in total. The van der Waals surface area contributed by atoms with Gasteiger partial charge in [-0.3, -0.25) is 9.59 Å². The van der Waals surface area contributed by atoms with E-state index in [0.717, 1.165) is 20.7 Å². The van der Waals surface area contributed by atoms with Crippen LogP contribution in [0.15, 0.2) is 98.8 Å². The van der Waals surface area contributed by atoms with Gasteiger partial charge in [-0.15, -0.1) is 0 Å². The first-order chi connectivity index (χ1) is 16.5. The van der Waals surface area contributed by atoms with Crippen LogP contribution in [0.1, 0.15) is 23.7 Å². The van der Waals surface area contributed by atoms with Crippen LogP contribution >= 0.6 is 27.7 Å². The molecule has 0 radical (unpaired) electrons. The van der Waals surface area contributed by atoms with Crippen molar-refractivity contribution >= 4 is 56.9 Å². The van der Waals surface area contributed by atoms with Gasteiger partial charge in [0.15, 0.2) is 0 Å². The number of ether oxygens (including phenoxy) is 1. The normalized spacial score (nSPS) is 13.4. The first-order valence-corrected chi connectivity index (χ1v) is 12.2. The Hall–Kier alpha value is -3.36. The Labute approximate surface area is 210 Å². The molecule has 8 heteroatoms. The molecule has 0 bridgehead atoms. The molecule has 0 atom stereocenters. The number of imide groups is 1. The number of halogens is 1. The number of esters is 1. The summed E-state index contributed by atoms with van der Waals surface area (Å²) in [5.74, 6) is -1.34. The number of thioether (sulfide) groups is 1. The second-order valence-corrected chi connectivity index (χ2v) is 9.38. The molecule has 1 aliphatic rings. The second-order valence-electron chi connectivity index (χ2n) is 7.38. The SMILES string of the molecule is CCCOC(=O)c1ccc(N2C(=O)C(Nc3ccc(Br)cc3)=C(Sc3ccccc3)C2=O)cc1. The molecule has 1 heterocycles. The molecule has 3 aromatic carbocycles.